The highest BCUT2D eigenvalue weighted by molar-refractivity contribution is 7.92. The molecule has 0 saturated carbocycles. The minimum atomic E-state index is -3.34. The maximum absolute atomic E-state index is 11.5. The number of amides is 1. The lowest BCUT2D eigenvalue weighted by Crippen LogP contribution is -2.24. The van der Waals surface area contributed by atoms with E-state index in [-0.39, 0.29) is 11.5 Å². The quantitative estimate of drug-likeness (QED) is 0.816. The number of hydrogen-bond donors (Lipinski definition) is 1. The molecule has 0 unspecified atom stereocenters. The first-order valence-electron chi connectivity index (χ1n) is 5.45. The van der Waals surface area contributed by atoms with E-state index in [4.69, 9.17) is 0 Å². The van der Waals surface area contributed by atoms with Crippen molar-refractivity contribution in [2.75, 3.05) is 16.8 Å². The van der Waals surface area contributed by atoms with Gasteiger partial charge in [-0.3, -0.25) is 9.59 Å². The lowest BCUT2D eigenvalue weighted by atomic mass is 10.1. The highest BCUT2D eigenvalue weighted by Gasteiger charge is 2.14. The predicted molar refractivity (Wildman–Crippen MR) is 69.4 cm³/mol. The molecule has 0 aliphatic heterocycles. The Morgan fingerprint density at radius 1 is 1.28 bits per heavy atom. The second kappa shape index (κ2) is 5.77. The van der Waals surface area contributed by atoms with Crippen molar-refractivity contribution in [1.29, 1.82) is 0 Å². The lowest BCUT2D eigenvalue weighted by molar-refractivity contribution is -0.113. The Hall–Kier alpha value is -1.69. The third-order valence-electron chi connectivity index (χ3n) is 2.34. The fraction of sp³-hybridized carbons (Fsp3) is 0.333. The number of Topliss-reactive ketones (excluding diaryl/α,β-unsaturated/α-hetero) is 1. The van der Waals surface area contributed by atoms with Gasteiger partial charge in [-0.1, -0.05) is 19.1 Å². The van der Waals surface area contributed by atoms with Crippen LogP contribution in [0.1, 0.15) is 24.2 Å². The van der Waals surface area contributed by atoms with Crippen molar-refractivity contribution in [3.8, 4) is 0 Å². The largest absolute Gasteiger partial charge is 0.325 e. The molecule has 98 valence electrons. The number of hydrogen-bond acceptors (Lipinski definition) is 4. The molecule has 0 aliphatic rings. The van der Waals surface area contributed by atoms with Crippen LogP contribution < -0.4 is 5.32 Å². The summed E-state index contributed by atoms with van der Waals surface area (Å²) in [6.07, 6.45) is 0. The van der Waals surface area contributed by atoms with Crippen LogP contribution in [0.25, 0.3) is 0 Å². The van der Waals surface area contributed by atoms with Crippen molar-refractivity contribution < 1.29 is 18.0 Å². The summed E-state index contributed by atoms with van der Waals surface area (Å²) in [4.78, 5) is 22.6. The average Bonchev–Trinajstić information content (AvgIpc) is 2.28. The summed E-state index contributed by atoms with van der Waals surface area (Å²) in [5.41, 5.74) is 0.880. The summed E-state index contributed by atoms with van der Waals surface area (Å²) in [5, 5.41) is 2.46. The molecular weight excluding hydrogens is 254 g/mol. The van der Waals surface area contributed by atoms with Gasteiger partial charge in [0.1, 0.15) is 5.75 Å². The van der Waals surface area contributed by atoms with E-state index in [0.717, 1.165) is 0 Å². The van der Waals surface area contributed by atoms with Crippen LogP contribution in [0.15, 0.2) is 24.3 Å². The highest BCUT2D eigenvalue weighted by atomic mass is 32.2. The summed E-state index contributed by atoms with van der Waals surface area (Å²) < 4.78 is 22.5. The molecule has 18 heavy (non-hydrogen) atoms. The first-order chi connectivity index (χ1) is 8.34. The van der Waals surface area contributed by atoms with Crippen LogP contribution in [0, 0.1) is 0 Å². The Morgan fingerprint density at radius 2 is 1.94 bits per heavy atom. The first kappa shape index (κ1) is 14.4. The summed E-state index contributed by atoms with van der Waals surface area (Å²) in [6.45, 7) is 2.90. The van der Waals surface area contributed by atoms with Crippen molar-refractivity contribution >= 4 is 27.2 Å². The molecule has 1 aromatic carbocycles. The van der Waals surface area contributed by atoms with Crippen molar-refractivity contribution in [2.45, 2.75) is 13.8 Å². The number of ketones is 1. The van der Waals surface area contributed by atoms with Gasteiger partial charge in [-0.2, -0.15) is 0 Å². The Balaban J connectivity index is 2.77. The third kappa shape index (κ3) is 4.29. The molecule has 0 aliphatic carbocycles. The molecule has 0 fully saturated rings. The van der Waals surface area contributed by atoms with Gasteiger partial charge in [0.25, 0.3) is 0 Å². The standard InChI is InChI=1S/C12H15NO4S/c1-3-18(16,17)8-12(15)13-11-6-4-5-10(7-11)9(2)14/h4-7H,3,8H2,1-2H3,(H,13,15). The molecule has 6 heteroatoms. The number of benzene rings is 1. The predicted octanol–water partition coefficient (Wildman–Crippen LogP) is 1.26. The molecule has 0 spiro atoms. The Morgan fingerprint density at radius 3 is 2.50 bits per heavy atom. The molecule has 5 nitrogen and oxygen atoms in total. The van der Waals surface area contributed by atoms with Gasteiger partial charge in [0.15, 0.2) is 15.6 Å². The second-order valence-electron chi connectivity index (χ2n) is 3.86. The van der Waals surface area contributed by atoms with Crippen molar-refractivity contribution in [2.24, 2.45) is 0 Å². The van der Waals surface area contributed by atoms with E-state index < -0.39 is 21.5 Å². The summed E-state index contributed by atoms with van der Waals surface area (Å²) in [6, 6.07) is 6.36. The monoisotopic (exact) mass is 269 g/mol. The minimum Gasteiger partial charge on any atom is -0.325 e. The van der Waals surface area contributed by atoms with Gasteiger partial charge in [0.05, 0.1) is 0 Å². The van der Waals surface area contributed by atoms with Gasteiger partial charge in [0.2, 0.25) is 5.91 Å². The van der Waals surface area contributed by atoms with Crippen molar-refractivity contribution in [3.63, 3.8) is 0 Å². The molecule has 0 heterocycles. The van der Waals surface area contributed by atoms with Crippen LogP contribution in [0.2, 0.25) is 0 Å². The van der Waals surface area contributed by atoms with E-state index in [2.05, 4.69) is 5.32 Å². The molecule has 1 amide bonds. The Labute approximate surface area is 106 Å². The SMILES string of the molecule is CCS(=O)(=O)CC(=O)Nc1cccc(C(C)=O)c1. The molecule has 1 rings (SSSR count). The van der Waals surface area contributed by atoms with Gasteiger partial charge < -0.3 is 5.32 Å². The van der Waals surface area contributed by atoms with Crippen LogP contribution in [0.3, 0.4) is 0 Å². The van der Waals surface area contributed by atoms with Crippen molar-refractivity contribution in [1.82, 2.24) is 0 Å². The molecule has 0 radical (unpaired) electrons. The second-order valence-corrected chi connectivity index (χ2v) is 6.21. The molecule has 0 aromatic heterocycles. The van der Waals surface area contributed by atoms with Gasteiger partial charge in [-0.25, -0.2) is 8.42 Å². The van der Waals surface area contributed by atoms with Gasteiger partial charge in [0, 0.05) is 17.0 Å². The summed E-state index contributed by atoms with van der Waals surface area (Å²) >= 11 is 0. The zero-order valence-electron chi connectivity index (χ0n) is 10.3. The van der Waals surface area contributed by atoms with Crippen LogP contribution in [0.4, 0.5) is 5.69 Å². The van der Waals surface area contributed by atoms with Crippen LogP contribution in [-0.4, -0.2) is 31.6 Å². The average molecular weight is 269 g/mol. The van der Waals surface area contributed by atoms with E-state index in [9.17, 15) is 18.0 Å². The number of carbonyl (C=O) groups is 2. The fourth-order valence-electron chi connectivity index (χ4n) is 1.31. The summed E-state index contributed by atoms with van der Waals surface area (Å²) in [7, 11) is -3.34. The van der Waals surface area contributed by atoms with E-state index in [1.165, 1.54) is 19.9 Å². The van der Waals surface area contributed by atoms with E-state index in [1.807, 2.05) is 0 Å². The Bertz CT molecular complexity index is 563. The van der Waals surface area contributed by atoms with Crippen molar-refractivity contribution in [3.05, 3.63) is 29.8 Å². The summed E-state index contributed by atoms with van der Waals surface area (Å²) in [5.74, 6) is -1.34. The normalized spacial score (nSPS) is 11.0. The van der Waals surface area contributed by atoms with Crippen LogP contribution >= 0.6 is 0 Å². The topological polar surface area (TPSA) is 80.3 Å². The van der Waals surface area contributed by atoms with E-state index >= 15 is 0 Å². The molecular formula is C12H15NO4S. The number of sulfone groups is 1. The minimum absolute atomic E-state index is 0.0755. The number of carbonyl (C=O) groups excluding carboxylic acids is 2. The maximum Gasteiger partial charge on any atom is 0.239 e. The zero-order chi connectivity index (χ0) is 13.8. The van der Waals surface area contributed by atoms with Crippen LogP contribution in [0.5, 0.6) is 0 Å². The van der Waals surface area contributed by atoms with E-state index in [1.54, 1.807) is 18.2 Å². The fourth-order valence-corrected chi connectivity index (χ4v) is 1.99. The number of nitrogens with one attached hydrogen (secondary N) is 1. The first-order valence-corrected chi connectivity index (χ1v) is 7.27. The zero-order valence-corrected chi connectivity index (χ0v) is 11.1. The highest BCUT2D eigenvalue weighted by Crippen LogP contribution is 2.11. The Kier molecular flexibility index (Phi) is 4.61. The lowest BCUT2D eigenvalue weighted by Gasteiger charge is -2.06. The van der Waals surface area contributed by atoms with E-state index in [0.29, 0.717) is 11.3 Å². The van der Waals surface area contributed by atoms with Crippen LogP contribution in [-0.2, 0) is 14.6 Å². The van der Waals surface area contributed by atoms with Gasteiger partial charge >= 0.3 is 0 Å². The smallest absolute Gasteiger partial charge is 0.239 e. The number of rotatable bonds is 5. The number of anilines is 1. The molecule has 1 aromatic rings. The molecule has 1 N–H and O–H groups in total. The third-order valence-corrected chi connectivity index (χ3v) is 3.93. The molecule has 0 atom stereocenters. The maximum atomic E-state index is 11.5. The molecule has 0 bridgehead atoms. The molecule has 0 saturated heterocycles. The van der Waals surface area contributed by atoms with Gasteiger partial charge in [-0.15, -0.1) is 0 Å². The van der Waals surface area contributed by atoms with Gasteiger partial charge in [-0.05, 0) is 19.1 Å².